The lowest BCUT2D eigenvalue weighted by Gasteiger charge is -1.95. The second-order valence-corrected chi connectivity index (χ2v) is 3.00. The van der Waals surface area contributed by atoms with E-state index in [9.17, 15) is 5.11 Å². The quantitative estimate of drug-likeness (QED) is 0.638. The number of aryl methyl sites for hydroxylation is 2. The van der Waals surface area contributed by atoms with E-state index >= 15 is 0 Å². The average Bonchev–Trinajstić information content (AvgIpc) is 2.30. The monoisotopic (exact) mass is 162 g/mol. The first-order valence-corrected chi connectivity index (χ1v) is 3.80. The number of rotatable bonds is 0. The highest BCUT2D eigenvalue weighted by atomic mass is 16.3. The van der Waals surface area contributed by atoms with Crippen LogP contribution >= 0.6 is 0 Å². The molecule has 0 unspecified atom stereocenters. The number of phenolic OH excluding ortho intramolecular Hbond substituents is 1. The zero-order valence-corrected chi connectivity index (χ0v) is 7.07. The van der Waals surface area contributed by atoms with E-state index in [2.05, 4.69) is 5.10 Å². The van der Waals surface area contributed by atoms with Gasteiger partial charge in [0.15, 0.2) is 0 Å². The van der Waals surface area contributed by atoms with Crippen molar-refractivity contribution in [3.05, 3.63) is 23.9 Å². The van der Waals surface area contributed by atoms with Crippen molar-refractivity contribution in [2.45, 2.75) is 6.92 Å². The minimum atomic E-state index is 0.329. The van der Waals surface area contributed by atoms with E-state index in [1.807, 2.05) is 26.2 Å². The van der Waals surface area contributed by atoms with Crippen LogP contribution in [0.3, 0.4) is 0 Å². The van der Waals surface area contributed by atoms with E-state index in [1.165, 1.54) is 0 Å². The Morgan fingerprint density at radius 1 is 1.42 bits per heavy atom. The number of fused-ring (bicyclic) bond motifs is 1. The van der Waals surface area contributed by atoms with Crippen molar-refractivity contribution >= 4 is 10.9 Å². The first-order chi connectivity index (χ1) is 5.66. The van der Waals surface area contributed by atoms with Gasteiger partial charge in [-0.3, -0.25) is 4.68 Å². The minimum Gasteiger partial charge on any atom is -0.508 e. The van der Waals surface area contributed by atoms with Gasteiger partial charge in [0.2, 0.25) is 0 Å². The molecule has 0 radical (unpaired) electrons. The maximum absolute atomic E-state index is 9.39. The predicted octanol–water partition coefficient (Wildman–Crippen LogP) is 1.59. The van der Waals surface area contributed by atoms with Crippen LogP contribution < -0.4 is 0 Å². The van der Waals surface area contributed by atoms with Crippen molar-refractivity contribution in [1.29, 1.82) is 0 Å². The molecule has 0 bridgehead atoms. The fourth-order valence-corrected chi connectivity index (χ4v) is 1.29. The van der Waals surface area contributed by atoms with Crippen molar-refractivity contribution < 1.29 is 5.11 Å². The molecule has 62 valence electrons. The van der Waals surface area contributed by atoms with Gasteiger partial charge in [-0.15, -0.1) is 0 Å². The number of aromatic hydroxyl groups is 1. The lowest BCUT2D eigenvalue weighted by atomic mass is 10.2. The Bertz CT molecular complexity index is 392. The third kappa shape index (κ3) is 0.942. The van der Waals surface area contributed by atoms with Crippen LogP contribution in [0, 0.1) is 6.92 Å². The molecule has 3 heteroatoms. The van der Waals surface area contributed by atoms with E-state index < -0.39 is 0 Å². The molecule has 1 aromatic carbocycles. The second kappa shape index (κ2) is 2.24. The summed E-state index contributed by atoms with van der Waals surface area (Å²) in [5, 5.41) is 14.6. The Labute approximate surface area is 70.2 Å². The molecule has 1 heterocycles. The Hall–Kier alpha value is -1.51. The summed E-state index contributed by atoms with van der Waals surface area (Å²) >= 11 is 0. The highest BCUT2D eigenvalue weighted by molar-refractivity contribution is 5.80. The molecule has 0 atom stereocenters. The van der Waals surface area contributed by atoms with E-state index in [0.717, 1.165) is 16.5 Å². The Morgan fingerprint density at radius 3 is 2.92 bits per heavy atom. The molecule has 3 nitrogen and oxygen atoms in total. The SMILES string of the molecule is Cc1cc2nn(C)cc2cc1O. The first-order valence-electron chi connectivity index (χ1n) is 3.80. The summed E-state index contributed by atoms with van der Waals surface area (Å²) in [6.45, 7) is 1.86. The first kappa shape index (κ1) is 7.16. The van der Waals surface area contributed by atoms with Crippen molar-refractivity contribution in [2.75, 3.05) is 0 Å². The molecule has 1 aromatic heterocycles. The Balaban J connectivity index is 2.83. The van der Waals surface area contributed by atoms with Gasteiger partial charge in [0.05, 0.1) is 5.52 Å². The van der Waals surface area contributed by atoms with Crippen LogP contribution in [0.15, 0.2) is 18.3 Å². The number of aromatic nitrogens is 2. The van der Waals surface area contributed by atoms with Gasteiger partial charge >= 0.3 is 0 Å². The van der Waals surface area contributed by atoms with Gasteiger partial charge in [-0.25, -0.2) is 0 Å². The smallest absolute Gasteiger partial charge is 0.119 e. The van der Waals surface area contributed by atoms with Crippen LogP contribution in [0.4, 0.5) is 0 Å². The molecule has 0 aliphatic rings. The normalized spacial score (nSPS) is 10.8. The zero-order chi connectivity index (χ0) is 8.72. The highest BCUT2D eigenvalue weighted by Gasteiger charge is 2.01. The zero-order valence-electron chi connectivity index (χ0n) is 7.07. The number of phenols is 1. The number of benzene rings is 1. The summed E-state index contributed by atoms with van der Waals surface area (Å²) in [6, 6.07) is 3.61. The predicted molar refractivity (Wildman–Crippen MR) is 47.1 cm³/mol. The number of hydrogen-bond donors (Lipinski definition) is 1. The van der Waals surface area contributed by atoms with Gasteiger partial charge in [0.25, 0.3) is 0 Å². The number of nitrogens with zero attached hydrogens (tertiary/aromatic N) is 2. The van der Waals surface area contributed by atoms with E-state index in [-0.39, 0.29) is 0 Å². The largest absolute Gasteiger partial charge is 0.508 e. The molecule has 2 aromatic rings. The average molecular weight is 162 g/mol. The molecule has 1 N–H and O–H groups in total. The third-order valence-electron chi connectivity index (χ3n) is 1.94. The minimum absolute atomic E-state index is 0.329. The molecular weight excluding hydrogens is 152 g/mol. The Kier molecular flexibility index (Phi) is 1.33. The van der Waals surface area contributed by atoms with Gasteiger partial charge in [-0.05, 0) is 24.6 Å². The molecule has 0 aliphatic carbocycles. The lowest BCUT2D eigenvalue weighted by Crippen LogP contribution is -1.84. The molecule has 2 rings (SSSR count). The van der Waals surface area contributed by atoms with Crippen molar-refractivity contribution in [2.24, 2.45) is 7.05 Å². The fraction of sp³-hybridized carbons (Fsp3) is 0.222. The van der Waals surface area contributed by atoms with E-state index in [4.69, 9.17) is 0 Å². The summed E-state index contributed by atoms with van der Waals surface area (Å²) in [4.78, 5) is 0. The van der Waals surface area contributed by atoms with Crippen LogP contribution in [0.2, 0.25) is 0 Å². The molecule has 0 saturated carbocycles. The van der Waals surface area contributed by atoms with Crippen molar-refractivity contribution in [3.8, 4) is 5.75 Å². The molecule has 0 fully saturated rings. The summed E-state index contributed by atoms with van der Waals surface area (Å²) in [5.74, 6) is 0.329. The standard InChI is InChI=1S/C9H10N2O/c1-6-3-8-7(4-9(6)12)5-11(2)10-8/h3-5,12H,1-2H3. The van der Waals surface area contributed by atoms with Crippen LogP contribution in [-0.4, -0.2) is 14.9 Å². The van der Waals surface area contributed by atoms with E-state index in [0.29, 0.717) is 5.75 Å². The van der Waals surface area contributed by atoms with Gasteiger partial charge in [-0.1, -0.05) is 0 Å². The second-order valence-electron chi connectivity index (χ2n) is 3.00. The summed E-state index contributed by atoms with van der Waals surface area (Å²) in [7, 11) is 1.87. The van der Waals surface area contributed by atoms with Gasteiger partial charge in [0.1, 0.15) is 5.75 Å². The van der Waals surface area contributed by atoms with E-state index in [1.54, 1.807) is 10.7 Å². The molecule has 0 amide bonds. The van der Waals surface area contributed by atoms with Crippen molar-refractivity contribution in [1.82, 2.24) is 9.78 Å². The molecule has 12 heavy (non-hydrogen) atoms. The molecule has 0 aliphatic heterocycles. The summed E-state index contributed by atoms with van der Waals surface area (Å²) in [5.41, 5.74) is 1.79. The molecule has 0 spiro atoms. The molecule has 0 saturated heterocycles. The van der Waals surface area contributed by atoms with Crippen LogP contribution in [0.5, 0.6) is 5.75 Å². The highest BCUT2D eigenvalue weighted by Crippen LogP contribution is 2.22. The summed E-state index contributed by atoms with van der Waals surface area (Å²) < 4.78 is 1.74. The maximum atomic E-state index is 9.39. The topological polar surface area (TPSA) is 38.0 Å². The van der Waals surface area contributed by atoms with Gasteiger partial charge in [-0.2, -0.15) is 5.10 Å². The molecular formula is C9H10N2O. The van der Waals surface area contributed by atoms with Gasteiger partial charge < -0.3 is 5.11 Å². The van der Waals surface area contributed by atoms with Crippen molar-refractivity contribution in [3.63, 3.8) is 0 Å². The van der Waals surface area contributed by atoms with Gasteiger partial charge in [0, 0.05) is 18.6 Å². The maximum Gasteiger partial charge on any atom is 0.119 e. The fourth-order valence-electron chi connectivity index (χ4n) is 1.29. The van der Waals surface area contributed by atoms with Crippen LogP contribution in [0.25, 0.3) is 10.9 Å². The lowest BCUT2D eigenvalue weighted by molar-refractivity contribution is 0.472. The number of hydrogen-bond acceptors (Lipinski definition) is 2. The summed E-state index contributed by atoms with van der Waals surface area (Å²) in [6.07, 6.45) is 1.88. The third-order valence-corrected chi connectivity index (χ3v) is 1.94. The van der Waals surface area contributed by atoms with Crippen LogP contribution in [-0.2, 0) is 7.05 Å². The van der Waals surface area contributed by atoms with Crippen LogP contribution in [0.1, 0.15) is 5.56 Å². The Morgan fingerprint density at radius 2 is 2.17 bits per heavy atom.